The molecule has 43 heavy (non-hydrogen) atoms. The zero-order valence-corrected chi connectivity index (χ0v) is 26.7. The molecule has 1 unspecified atom stereocenters. The first kappa shape index (κ1) is 32.0. The highest BCUT2D eigenvalue weighted by Gasteiger charge is 2.27. The van der Waals surface area contributed by atoms with Gasteiger partial charge in [-0.1, -0.05) is 42.5 Å². The number of anilines is 1. The Kier molecular flexibility index (Phi) is 10.5. The number of aromatic hydroxyl groups is 1. The molecule has 11 nitrogen and oxygen atoms in total. The van der Waals surface area contributed by atoms with Crippen molar-refractivity contribution in [1.82, 2.24) is 16.3 Å². The number of nitrogens with zero attached hydrogens (tertiary/aromatic N) is 1. The van der Waals surface area contributed by atoms with E-state index in [1.807, 2.05) is 42.5 Å². The minimum Gasteiger partial charge on any atom is -0.506 e. The Hall–Kier alpha value is -3.89. The summed E-state index contributed by atoms with van der Waals surface area (Å²) in [4.78, 5) is 26.1. The summed E-state index contributed by atoms with van der Waals surface area (Å²) >= 11 is 11.7. The Morgan fingerprint density at radius 2 is 1.56 bits per heavy atom. The number of benzene rings is 4. The van der Waals surface area contributed by atoms with Crippen molar-refractivity contribution in [3.8, 4) is 5.75 Å². The number of nitrogens with one attached hydrogen (secondary N) is 4. The van der Waals surface area contributed by atoms with E-state index in [9.17, 15) is 23.1 Å². The van der Waals surface area contributed by atoms with Gasteiger partial charge in [0.05, 0.1) is 20.1 Å². The quantitative estimate of drug-likeness (QED) is 0.0494. The summed E-state index contributed by atoms with van der Waals surface area (Å²) in [5, 5.41) is 18.5. The Balaban J connectivity index is 1.46. The Morgan fingerprint density at radius 3 is 2.21 bits per heavy atom. The van der Waals surface area contributed by atoms with Crippen LogP contribution in [0, 0.1) is 5.92 Å². The van der Waals surface area contributed by atoms with Crippen LogP contribution < -0.4 is 21.6 Å². The maximum atomic E-state index is 13.2. The van der Waals surface area contributed by atoms with Crippen molar-refractivity contribution < 1.29 is 27.7 Å². The van der Waals surface area contributed by atoms with Crippen molar-refractivity contribution in [2.45, 2.75) is 11.3 Å². The monoisotopic (exact) mass is 747 g/mol. The van der Waals surface area contributed by atoms with Gasteiger partial charge in [0.25, 0.3) is 21.9 Å². The molecule has 0 aliphatic carbocycles. The molecule has 0 saturated heterocycles. The lowest BCUT2D eigenvalue weighted by Gasteiger charge is -2.17. The molecule has 0 aromatic heterocycles. The molecule has 0 radical (unpaired) electrons. The highest BCUT2D eigenvalue weighted by Crippen LogP contribution is 2.32. The minimum absolute atomic E-state index is 0.0170. The van der Waals surface area contributed by atoms with E-state index in [1.54, 1.807) is 12.1 Å². The van der Waals surface area contributed by atoms with E-state index in [0.717, 1.165) is 16.3 Å². The number of phenols is 1. The molecule has 0 aliphatic heterocycles. The van der Waals surface area contributed by atoms with Gasteiger partial charge in [-0.15, -0.1) is 0 Å². The molecule has 0 saturated carbocycles. The van der Waals surface area contributed by atoms with Crippen molar-refractivity contribution in [3.63, 3.8) is 0 Å². The number of thiocarbonyl (C=S) groups is 1. The summed E-state index contributed by atoms with van der Waals surface area (Å²) in [6.07, 6.45) is 1.41. The Morgan fingerprint density at radius 1 is 0.907 bits per heavy atom. The number of fused-ring (bicyclic) bond motifs is 1. The van der Waals surface area contributed by atoms with Crippen LogP contribution in [0.5, 0.6) is 5.75 Å². The summed E-state index contributed by atoms with van der Waals surface area (Å²) in [5.74, 6) is -2.58. The number of rotatable bonds is 8. The molecule has 0 bridgehead atoms. The van der Waals surface area contributed by atoms with Crippen LogP contribution in [0.4, 0.5) is 5.69 Å². The van der Waals surface area contributed by atoms with Gasteiger partial charge < -0.3 is 10.4 Å². The van der Waals surface area contributed by atoms with Gasteiger partial charge in [-0.25, -0.2) is 5.43 Å². The molecule has 0 aliphatic rings. The maximum Gasteiger partial charge on any atom is 0.294 e. The number of hydrogen-bond acceptors (Lipinski definition) is 7. The normalized spacial score (nSPS) is 12.1. The second-order valence-corrected chi connectivity index (χ2v) is 12.6. The summed E-state index contributed by atoms with van der Waals surface area (Å²) in [6, 6.07) is 21.6. The van der Waals surface area contributed by atoms with E-state index >= 15 is 0 Å². The largest absolute Gasteiger partial charge is 0.506 e. The van der Waals surface area contributed by atoms with Crippen molar-refractivity contribution in [1.29, 1.82) is 0 Å². The van der Waals surface area contributed by atoms with Crippen LogP contribution in [0.25, 0.3) is 10.8 Å². The number of halogens is 2. The summed E-state index contributed by atoms with van der Waals surface area (Å²) in [5.41, 5.74) is 9.04. The first-order valence-electron chi connectivity index (χ1n) is 12.3. The maximum absolute atomic E-state index is 13.2. The molecular weight excluding hydrogens is 726 g/mol. The lowest BCUT2D eigenvalue weighted by atomic mass is 9.96. The molecule has 15 heteroatoms. The summed E-state index contributed by atoms with van der Waals surface area (Å²) < 4.78 is 32.4. The third-order valence-electron chi connectivity index (χ3n) is 6.02. The molecule has 0 spiro atoms. The third kappa shape index (κ3) is 8.81. The predicted molar refractivity (Wildman–Crippen MR) is 174 cm³/mol. The number of hydrazone groups is 1. The SMILES string of the molecule is O=C(N/N=C/c1cc(Br)c(O)c(Br)c1)C(Cc1ccc2ccccc2c1)C(=O)NNC(=S)Nc1ccc(S(=O)(=O)O)cc1. The van der Waals surface area contributed by atoms with E-state index in [1.165, 1.54) is 30.5 Å². The van der Waals surface area contributed by atoms with Gasteiger partial charge in [-0.3, -0.25) is 25.0 Å². The van der Waals surface area contributed by atoms with E-state index in [0.29, 0.717) is 20.2 Å². The lowest BCUT2D eigenvalue weighted by molar-refractivity contribution is -0.135. The minimum atomic E-state index is -4.35. The molecule has 222 valence electrons. The molecular formula is C28H23Br2N5O6S2. The summed E-state index contributed by atoms with van der Waals surface area (Å²) in [6.45, 7) is 0. The van der Waals surface area contributed by atoms with Crippen LogP contribution in [0.1, 0.15) is 11.1 Å². The van der Waals surface area contributed by atoms with Gasteiger partial charge in [0.15, 0.2) is 5.11 Å². The zero-order valence-electron chi connectivity index (χ0n) is 21.9. The number of carbonyl (C=O) groups excluding carboxylic acids is 2. The molecule has 0 fully saturated rings. The second-order valence-electron chi connectivity index (χ2n) is 9.07. The van der Waals surface area contributed by atoms with Crippen LogP contribution >= 0.6 is 44.1 Å². The van der Waals surface area contributed by atoms with Crippen molar-refractivity contribution in [2.75, 3.05) is 5.32 Å². The number of carbonyl (C=O) groups is 2. The molecule has 4 aromatic rings. The van der Waals surface area contributed by atoms with Crippen molar-refractivity contribution in [2.24, 2.45) is 11.0 Å². The fourth-order valence-corrected chi connectivity index (χ4v) is 5.76. The van der Waals surface area contributed by atoms with E-state index in [-0.39, 0.29) is 22.2 Å². The van der Waals surface area contributed by atoms with Crippen LogP contribution in [-0.4, -0.2) is 41.2 Å². The zero-order chi connectivity index (χ0) is 31.1. The Labute approximate surface area is 268 Å². The standard InChI is InChI=1S/C28H23Br2N5O6S2/c29-23-13-17(14-24(30)25(23)36)15-31-33-26(37)22(12-16-5-6-18-3-1-2-4-19(18)11-16)27(38)34-35-28(42)32-20-7-9-21(10-8-20)43(39,40)41/h1-11,13-15,22,36H,12H2,(H,33,37)(H,34,38)(H2,32,35,42)(H,39,40,41)/b31-15+. The number of hydrogen-bond donors (Lipinski definition) is 6. The van der Waals surface area contributed by atoms with Crippen LogP contribution in [0.15, 0.2) is 97.8 Å². The molecule has 6 N–H and O–H groups in total. The van der Waals surface area contributed by atoms with Gasteiger partial charge in [0, 0.05) is 5.69 Å². The van der Waals surface area contributed by atoms with Crippen LogP contribution in [-0.2, 0) is 26.1 Å². The van der Waals surface area contributed by atoms with Crippen molar-refractivity contribution >= 4 is 93.8 Å². The smallest absolute Gasteiger partial charge is 0.294 e. The predicted octanol–water partition coefficient (Wildman–Crippen LogP) is 4.64. The lowest BCUT2D eigenvalue weighted by Crippen LogP contribution is -2.49. The summed E-state index contributed by atoms with van der Waals surface area (Å²) in [7, 11) is -4.35. The van der Waals surface area contributed by atoms with Gasteiger partial charge in [-0.2, -0.15) is 13.5 Å². The van der Waals surface area contributed by atoms with E-state index < -0.39 is 27.9 Å². The average Bonchev–Trinajstić information content (AvgIpc) is 2.97. The number of amides is 2. The molecule has 2 amide bonds. The number of hydrazine groups is 1. The van der Waals surface area contributed by atoms with Crippen LogP contribution in [0.2, 0.25) is 0 Å². The first-order valence-corrected chi connectivity index (χ1v) is 15.8. The van der Waals surface area contributed by atoms with E-state index in [2.05, 4.69) is 58.6 Å². The fraction of sp³-hybridized carbons (Fsp3) is 0.0714. The highest BCUT2D eigenvalue weighted by atomic mass is 79.9. The number of phenolic OH excluding ortho intramolecular Hbond substituents is 1. The molecule has 1 atom stereocenters. The van der Waals surface area contributed by atoms with Gasteiger partial charge in [-0.05, 0) is 109 Å². The molecule has 4 rings (SSSR count). The first-order chi connectivity index (χ1) is 20.4. The van der Waals surface area contributed by atoms with Gasteiger partial charge >= 0.3 is 0 Å². The second kappa shape index (κ2) is 14.1. The third-order valence-corrected chi connectivity index (χ3v) is 8.30. The average molecular weight is 749 g/mol. The van der Waals surface area contributed by atoms with E-state index in [4.69, 9.17) is 16.8 Å². The Bertz CT molecular complexity index is 1810. The topological polar surface area (TPSA) is 169 Å². The molecule has 0 heterocycles. The highest BCUT2D eigenvalue weighted by molar-refractivity contribution is 9.11. The van der Waals surface area contributed by atoms with Gasteiger partial charge in [0.1, 0.15) is 11.7 Å². The van der Waals surface area contributed by atoms with Crippen LogP contribution in [0.3, 0.4) is 0 Å². The van der Waals surface area contributed by atoms with Crippen molar-refractivity contribution in [3.05, 3.63) is 98.9 Å². The van der Waals surface area contributed by atoms with Gasteiger partial charge in [0.2, 0.25) is 0 Å². The molecule has 4 aromatic carbocycles. The fourth-order valence-electron chi connectivity index (χ4n) is 3.89.